The molecule has 0 bridgehead atoms. The fraction of sp³-hybridized carbons (Fsp3) is 0.364. The summed E-state index contributed by atoms with van der Waals surface area (Å²) in [6, 6.07) is 23.3. The van der Waals surface area contributed by atoms with Crippen LogP contribution in [0, 0.1) is 0 Å². The van der Waals surface area contributed by atoms with Gasteiger partial charge < -0.3 is 9.84 Å². The molecule has 0 spiro atoms. The first-order valence-electron chi connectivity index (χ1n) is 13.7. The van der Waals surface area contributed by atoms with Crippen LogP contribution in [0.1, 0.15) is 57.4 Å². The number of hydrogen-bond acceptors (Lipinski definition) is 6. The van der Waals surface area contributed by atoms with E-state index in [0.717, 1.165) is 30.6 Å². The fourth-order valence-corrected chi connectivity index (χ4v) is 5.56. The van der Waals surface area contributed by atoms with Gasteiger partial charge in [0.15, 0.2) is 5.78 Å². The van der Waals surface area contributed by atoms with Crippen LogP contribution >= 0.6 is 0 Å². The number of carboxylic acid groups (broad SMARTS) is 1. The minimum atomic E-state index is -0.734. The summed E-state index contributed by atoms with van der Waals surface area (Å²) in [4.78, 5) is 39.4. The maximum Gasteiger partial charge on any atom is 0.337 e. The summed E-state index contributed by atoms with van der Waals surface area (Å²) in [7, 11) is 5.25. The van der Waals surface area contributed by atoms with Crippen LogP contribution in [0.4, 0.5) is 0 Å². The molecule has 2 aliphatic rings. The fourth-order valence-electron chi connectivity index (χ4n) is 5.56. The molecule has 1 N–H and O–H groups in total. The summed E-state index contributed by atoms with van der Waals surface area (Å²) >= 11 is 0. The van der Waals surface area contributed by atoms with Gasteiger partial charge in [-0.15, -0.1) is 0 Å². The third-order valence-corrected chi connectivity index (χ3v) is 8.03. The van der Waals surface area contributed by atoms with Gasteiger partial charge in [0.25, 0.3) is 0 Å². The van der Waals surface area contributed by atoms with Gasteiger partial charge in [0, 0.05) is 19.5 Å². The molecule has 7 nitrogen and oxygen atoms in total. The number of ether oxygens (including phenoxy) is 1. The van der Waals surface area contributed by atoms with Crippen LogP contribution < -0.4 is 0 Å². The van der Waals surface area contributed by atoms with E-state index in [9.17, 15) is 14.4 Å². The first-order chi connectivity index (χ1) is 19.2. The number of methoxy groups -OCH3 is 1. The highest BCUT2D eigenvalue weighted by atomic mass is 16.5. The predicted octanol–water partition coefficient (Wildman–Crippen LogP) is 4.72. The van der Waals surface area contributed by atoms with Crippen molar-refractivity contribution in [1.82, 2.24) is 9.80 Å². The Labute approximate surface area is 236 Å². The van der Waals surface area contributed by atoms with Crippen LogP contribution in [-0.4, -0.2) is 65.9 Å². The Bertz CT molecular complexity index is 1350. The highest BCUT2D eigenvalue weighted by Crippen LogP contribution is 2.27. The van der Waals surface area contributed by atoms with E-state index in [2.05, 4.69) is 36.1 Å². The summed E-state index contributed by atoms with van der Waals surface area (Å²) in [6.45, 7) is 3.60. The van der Waals surface area contributed by atoms with E-state index >= 15 is 0 Å². The second-order valence-electron chi connectivity index (χ2n) is 10.8. The van der Waals surface area contributed by atoms with Gasteiger partial charge in [-0.2, -0.15) is 0 Å². The second kappa shape index (κ2) is 13.0. The highest BCUT2D eigenvalue weighted by Gasteiger charge is 2.30. The number of carbonyl (C=O) groups excluding carboxylic acids is 2. The minimum Gasteiger partial charge on any atom is -0.480 e. The van der Waals surface area contributed by atoms with Crippen molar-refractivity contribution in [2.45, 2.75) is 57.3 Å². The molecule has 0 fully saturated rings. The Morgan fingerprint density at radius 2 is 1.27 bits per heavy atom. The average molecular weight is 543 g/mol. The van der Waals surface area contributed by atoms with Crippen LogP contribution in [0.3, 0.4) is 0 Å². The van der Waals surface area contributed by atoms with Gasteiger partial charge in [-0.3, -0.25) is 19.4 Å². The van der Waals surface area contributed by atoms with Gasteiger partial charge in [0.2, 0.25) is 0 Å². The third-order valence-electron chi connectivity index (χ3n) is 8.03. The molecule has 5 rings (SSSR count). The van der Waals surface area contributed by atoms with Crippen molar-refractivity contribution >= 4 is 17.7 Å². The normalized spacial score (nSPS) is 19.3. The zero-order valence-corrected chi connectivity index (χ0v) is 23.7. The molecule has 7 heteroatoms. The number of carboxylic acids is 1. The summed E-state index contributed by atoms with van der Waals surface area (Å²) in [5.74, 6) is -0.698. The quantitative estimate of drug-likeness (QED) is 0.451. The number of Topliss-reactive ketones (excluding diaryl/α,β-unsaturated/α-hetero) is 1. The first kappa shape index (κ1) is 29.2. The molecule has 0 aromatic heterocycles. The van der Waals surface area contributed by atoms with Crippen molar-refractivity contribution in [3.63, 3.8) is 0 Å². The lowest BCUT2D eigenvalue weighted by molar-refractivity contribution is -0.143. The number of fused-ring (bicyclic) bond motifs is 2. The molecular weight excluding hydrogens is 504 g/mol. The van der Waals surface area contributed by atoms with E-state index in [-0.39, 0.29) is 29.8 Å². The zero-order chi connectivity index (χ0) is 28.8. The molecule has 3 aromatic carbocycles. The summed E-state index contributed by atoms with van der Waals surface area (Å²) in [5.41, 5.74) is 6.58. The van der Waals surface area contributed by atoms with Crippen molar-refractivity contribution in [1.29, 1.82) is 0 Å². The lowest BCUT2D eigenvalue weighted by Gasteiger charge is -2.33. The van der Waals surface area contributed by atoms with Crippen molar-refractivity contribution in [3.8, 4) is 0 Å². The highest BCUT2D eigenvalue weighted by molar-refractivity contribution is 5.89. The number of carbonyl (C=O) groups is 3. The predicted molar refractivity (Wildman–Crippen MR) is 154 cm³/mol. The van der Waals surface area contributed by atoms with Crippen LogP contribution in [0.2, 0.25) is 0 Å². The SMILES string of the molecule is CN1Cc2ccccc2CC1C(=O)O.COC(=O)c1ccc(C(C)CC(=O)C2Cc3ccccc3CN2C)cc1. The molecule has 3 atom stereocenters. The number of rotatable bonds is 6. The standard InChI is InChI=1S/C22H25NO3.C11H13NO2/c1-15(16-8-10-17(11-9-16)22(25)26-3)12-21(24)20-13-18-6-4-5-7-19(18)14-23(20)2;1-12-7-9-5-3-2-4-8(9)6-10(12)11(13)14/h4-11,15,20H,12-14H2,1-3H3;2-5,10H,6-7H2,1H3,(H,13,14). The largest absolute Gasteiger partial charge is 0.480 e. The Morgan fingerprint density at radius 1 is 0.800 bits per heavy atom. The number of ketones is 1. The van der Waals surface area contributed by atoms with E-state index in [1.165, 1.54) is 23.8 Å². The van der Waals surface area contributed by atoms with E-state index in [4.69, 9.17) is 9.84 Å². The molecule has 2 heterocycles. The molecule has 3 unspecified atom stereocenters. The number of nitrogens with zero attached hydrogens (tertiary/aromatic N) is 2. The molecule has 3 aromatic rings. The first-order valence-corrected chi connectivity index (χ1v) is 13.7. The van der Waals surface area contributed by atoms with Gasteiger partial charge in [0.1, 0.15) is 6.04 Å². The molecule has 0 amide bonds. The van der Waals surface area contributed by atoms with Gasteiger partial charge in [-0.25, -0.2) is 4.79 Å². The number of benzene rings is 3. The lowest BCUT2D eigenvalue weighted by Crippen LogP contribution is -2.43. The summed E-state index contributed by atoms with van der Waals surface area (Å²) in [6.07, 6.45) is 1.89. The number of hydrogen-bond donors (Lipinski definition) is 1. The number of aliphatic carboxylic acids is 1. The monoisotopic (exact) mass is 542 g/mol. The lowest BCUT2D eigenvalue weighted by atomic mass is 9.87. The van der Waals surface area contributed by atoms with E-state index in [1.54, 1.807) is 12.1 Å². The van der Waals surface area contributed by atoms with Crippen LogP contribution in [-0.2, 0) is 40.3 Å². The van der Waals surface area contributed by atoms with Crippen molar-refractivity contribution in [2.24, 2.45) is 0 Å². The maximum absolute atomic E-state index is 12.9. The average Bonchev–Trinajstić information content (AvgIpc) is 2.96. The molecule has 40 heavy (non-hydrogen) atoms. The smallest absolute Gasteiger partial charge is 0.337 e. The third kappa shape index (κ3) is 6.84. The molecule has 0 aliphatic carbocycles. The van der Waals surface area contributed by atoms with Crippen molar-refractivity contribution in [2.75, 3.05) is 21.2 Å². The van der Waals surface area contributed by atoms with Crippen LogP contribution in [0.5, 0.6) is 0 Å². The van der Waals surface area contributed by atoms with Crippen molar-refractivity contribution in [3.05, 3.63) is 106 Å². The summed E-state index contributed by atoms with van der Waals surface area (Å²) in [5, 5.41) is 8.99. The van der Waals surface area contributed by atoms with E-state index in [1.807, 2.05) is 55.4 Å². The topological polar surface area (TPSA) is 87.1 Å². The Morgan fingerprint density at radius 3 is 1.77 bits per heavy atom. The molecule has 0 saturated heterocycles. The minimum absolute atomic E-state index is 0.0679. The Balaban J connectivity index is 0.000000222. The van der Waals surface area contributed by atoms with E-state index in [0.29, 0.717) is 18.4 Å². The van der Waals surface area contributed by atoms with Crippen LogP contribution in [0.15, 0.2) is 72.8 Å². The van der Waals surface area contributed by atoms with Gasteiger partial charge in [-0.1, -0.05) is 67.6 Å². The maximum atomic E-state index is 12.9. The Kier molecular flexibility index (Phi) is 9.50. The Hall–Kier alpha value is -3.81. The number of likely N-dealkylation sites (N-methyl/N-ethyl adjacent to an activating group) is 2. The summed E-state index contributed by atoms with van der Waals surface area (Å²) < 4.78 is 4.72. The number of esters is 1. The van der Waals surface area contributed by atoms with Crippen LogP contribution in [0.25, 0.3) is 0 Å². The second-order valence-corrected chi connectivity index (χ2v) is 10.8. The van der Waals surface area contributed by atoms with Crippen molar-refractivity contribution < 1.29 is 24.2 Å². The molecule has 210 valence electrons. The molecular formula is C33H38N2O5. The molecule has 0 radical (unpaired) electrons. The zero-order valence-electron chi connectivity index (χ0n) is 23.7. The molecule has 0 saturated carbocycles. The van der Waals surface area contributed by atoms with Gasteiger partial charge in [-0.05, 0) is 72.8 Å². The van der Waals surface area contributed by atoms with E-state index < -0.39 is 5.97 Å². The molecule has 2 aliphatic heterocycles. The van der Waals surface area contributed by atoms with Gasteiger partial charge in [0.05, 0.1) is 18.7 Å². The van der Waals surface area contributed by atoms with Gasteiger partial charge >= 0.3 is 11.9 Å².